The van der Waals surface area contributed by atoms with Gasteiger partial charge in [-0.1, -0.05) is 53.2 Å². The molecule has 0 aliphatic carbocycles. The van der Waals surface area contributed by atoms with Crippen LogP contribution in [0, 0.1) is 0 Å². The van der Waals surface area contributed by atoms with Gasteiger partial charge in [-0.15, -0.1) is 5.10 Å². The van der Waals surface area contributed by atoms with Gasteiger partial charge in [0.2, 0.25) is 0 Å². The summed E-state index contributed by atoms with van der Waals surface area (Å²) in [5.41, 5.74) is 2.42. The van der Waals surface area contributed by atoms with Gasteiger partial charge < -0.3 is 29.7 Å². The van der Waals surface area contributed by atoms with Gasteiger partial charge in [0.15, 0.2) is 11.9 Å². The minimum Gasteiger partial charge on any atom is -0.476 e. The van der Waals surface area contributed by atoms with Crippen LogP contribution in [0.2, 0.25) is 5.02 Å². The van der Waals surface area contributed by atoms with Crippen LogP contribution in [-0.4, -0.2) is 70.4 Å². The third-order valence-electron chi connectivity index (χ3n) is 6.21. The van der Waals surface area contributed by atoms with E-state index in [1.807, 2.05) is 42.6 Å². The van der Waals surface area contributed by atoms with E-state index >= 15 is 0 Å². The number of ether oxygens (including phenoxy) is 1. The van der Waals surface area contributed by atoms with Gasteiger partial charge in [0, 0.05) is 11.6 Å². The lowest BCUT2D eigenvalue weighted by molar-refractivity contribution is -0.247. The highest BCUT2D eigenvalue weighted by Gasteiger charge is 2.45. The summed E-state index contributed by atoms with van der Waals surface area (Å²) in [5.74, 6) is -1.24. The van der Waals surface area contributed by atoms with E-state index in [4.69, 9.17) is 21.4 Å². The maximum atomic E-state index is 11.1. The van der Waals surface area contributed by atoms with Crippen molar-refractivity contribution in [2.45, 2.75) is 43.6 Å². The highest BCUT2D eigenvalue weighted by Crippen LogP contribution is 2.36. The number of hydrogen-bond donors (Lipinski definition) is 4. The highest BCUT2D eigenvalue weighted by atomic mass is 35.5. The Bertz CT molecular complexity index is 1360. The molecule has 11 heteroatoms. The van der Waals surface area contributed by atoms with Crippen molar-refractivity contribution in [3.05, 3.63) is 82.8 Å². The number of rotatable bonds is 6. The minimum atomic E-state index is -1.52. The number of carboxylic acid groups (broad SMARTS) is 1. The van der Waals surface area contributed by atoms with Crippen LogP contribution in [0.4, 0.5) is 0 Å². The van der Waals surface area contributed by atoms with Crippen molar-refractivity contribution < 1.29 is 30.0 Å². The molecule has 0 bridgehead atoms. The summed E-state index contributed by atoms with van der Waals surface area (Å²) < 4.78 is 8.99. The van der Waals surface area contributed by atoms with Crippen LogP contribution >= 0.6 is 11.6 Å². The van der Waals surface area contributed by atoms with Crippen LogP contribution in [0.25, 0.3) is 10.9 Å². The van der Waals surface area contributed by atoms with Crippen LogP contribution in [0.15, 0.2) is 60.9 Å². The number of aliphatic hydroxyl groups is 3. The number of halogens is 1. The van der Waals surface area contributed by atoms with E-state index in [0.29, 0.717) is 17.0 Å². The quantitative estimate of drug-likeness (QED) is 0.315. The first-order valence-corrected chi connectivity index (χ1v) is 11.4. The second-order valence-electron chi connectivity index (χ2n) is 8.53. The second-order valence-corrected chi connectivity index (χ2v) is 8.93. The van der Waals surface area contributed by atoms with Crippen molar-refractivity contribution >= 4 is 28.5 Å². The van der Waals surface area contributed by atoms with E-state index in [0.717, 1.165) is 16.5 Å². The molecule has 4 aromatic rings. The predicted molar refractivity (Wildman–Crippen MR) is 125 cm³/mol. The van der Waals surface area contributed by atoms with Crippen LogP contribution in [0.5, 0.6) is 0 Å². The first kappa shape index (κ1) is 23.5. The molecule has 0 spiro atoms. The van der Waals surface area contributed by atoms with Gasteiger partial charge >= 0.3 is 5.97 Å². The standard InChI is InChI=1S/C24H23ClN4O6/c25-15-7-4-8-17-19(15)14(9-13-5-2-1-3-6-13)10-29(17)23-22(32)21(31)20(30)18(35-23)12-28-11-16(24(33)34)26-27-28/h1-8,10-11,18,20-23,30-32H,9,12H2,(H,33,34)/t18-,20-,21+,22-,23-/m1/s1. The number of benzene rings is 2. The van der Waals surface area contributed by atoms with Gasteiger partial charge in [0.1, 0.15) is 24.4 Å². The van der Waals surface area contributed by atoms with E-state index in [2.05, 4.69) is 10.3 Å². The Morgan fingerprint density at radius 2 is 1.77 bits per heavy atom. The minimum absolute atomic E-state index is 0.0848. The summed E-state index contributed by atoms with van der Waals surface area (Å²) in [4.78, 5) is 11.1. The monoisotopic (exact) mass is 498 g/mol. The fraction of sp³-hybridized carbons (Fsp3) is 0.292. The Labute approximate surface area is 204 Å². The zero-order chi connectivity index (χ0) is 24.7. The molecule has 2 aromatic carbocycles. The maximum absolute atomic E-state index is 11.1. The van der Waals surface area contributed by atoms with Gasteiger partial charge in [0.05, 0.1) is 23.3 Å². The number of aliphatic hydroxyl groups excluding tert-OH is 3. The van der Waals surface area contributed by atoms with Gasteiger partial charge in [0.25, 0.3) is 0 Å². The van der Waals surface area contributed by atoms with Crippen LogP contribution < -0.4 is 0 Å². The first-order valence-electron chi connectivity index (χ1n) is 11.0. The topological polar surface area (TPSA) is 143 Å². The lowest BCUT2D eigenvalue weighted by atomic mass is 9.97. The average Bonchev–Trinajstić information content (AvgIpc) is 3.46. The number of aromatic nitrogens is 4. The lowest BCUT2D eigenvalue weighted by Crippen LogP contribution is -2.56. The van der Waals surface area contributed by atoms with Crippen molar-refractivity contribution in [3.63, 3.8) is 0 Å². The zero-order valence-corrected chi connectivity index (χ0v) is 19.1. The Kier molecular flexibility index (Phi) is 6.30. The average molecular weight is 499 g/mol. The van der Waals surface area contributed by atoms with Crippen molar-refractivity contribution in [2.24, 2.45) is 0 Å². The van der Waals surface area contributed by atoms with Gasteiger partial charge in [-0.3, -0.25) is 0 Å². The smallest absolute Gasteiger partial charge is 0.358 e. The molecule has 3 heterocycles. The van der Waals surface area contributed by atoms with Gasteiger partial charge in [-0.2, -0.15) is 0 Å². The van der Waals surface area contributed by atoms with E-state index < -0.39 is 36.6 Å². The van der Waals surface area contributed by atoms with Crippen molar-refractivity contribution in [2.75, 3.05) is 0 Å². The summed E-state index contributed by atoms with van der Waals surface area (Å²) in [5, 5.41) is 49.8. The molecule has 1 saturated heterocycles. The summed E-state index contributed by atoms with van der Waals surface area (Å²) in [6.45, 7) is -0.0848. The molecule has 0 saturated carbocycles. The molecule has 1 aliphatic heterocycles. The Morgan fingerprint density at radius 1 is 1.00 bits per heavy atom. The van der Waals surface area contributed by atoms with Crippen LogP contribution in [0.1, 0.15) is 27.8 Å². The fourth-order valence-corrected chi connectivity index (χ4v) is 4.78. The summed E-state index contributed by atoms with van der Waals surface area (Å²) in [6, 6.07) is 15.3. The van der Waals surface area contributed by atoms with Crippen LogP contribution in [-0.2, 0) is 17.7 Å². The molecule has 10 nitrogen and oxygen atoms in total. The molecular formula is C24H23ClN4O6. The molecule has 1 fully saturated rings. The van der Waals surface area contributed by atoms with Crippen molar-refractivity contribution in [1.29, 1.82) is 0 Å². The normalized spacial score (nSPS) is 24.6. The summed E-state index contributed by atoms with van der Waals surface area (Å²) in [6.07, 6.45) is -2.83. The molecule has 5 atom stereocenters. The SMILES string of the molecule is O=C(O)c1cn(C[C@H]2O[C@@H](n3cc(Cc4ccccc4)c4c(Cl)cccc43)[C@H](O)[C@@H](O)[C@@H]2O)nn1. The predicted octanol–water partition coefficient (Wildman–Crippen LogP) is 1.86. The molecule has 1 aliphatic rings. The van der Waals surface area contributed by atoms with Crippen molar-refractivity contribution in [3.8, 4) is 0 Å². The highest BCUT2D eigenvalue weighted by molar-refractivity contribution is 6.35. The summed E-state index contributed by atoms with van der Waals surface area (Å²) in [7, 11) is 0. The lowest BCUT2D eigenvalue weighted by Gasteiger charge is -2.41. The number of carboxylic acids is 1. The molecule has 4 N–H and O–H groups in total. The molecule has 0 amide bonds. The fourth-order valence-electron chi connectivity index (χ4n) is 4.49. The molecular weight excluding hydrogens is 476 g/mol. The van der Waals surface area contributed by atoms with E-state index in [1.165, 1.54) is 10.9 Å². The third kappa shape index (κ3) is 4.42. The van der Waals surface area contributed by atoms with Gasteiger partial charge in [-0.05, 0) is 29.7 Å². The van der Waals surface area contributed by atoms with E-state index in [1.54, 1.807) is 16.7 Å². The Hall–Kier alpha value is -3.28. The van der Waals surface area contributed by atoms with Gasteiger partial charge in [-0.25, -0.2) is 9.48 Å². The molecule has 5 rings (SSSR count). The van der Waals surface area contributed by atoms with E-state index in [-0.39, 0.29) is 12.2 Å². The maximum Gasteiger partial charge on any atom is 0.358 e. The number of hydrogen-bond acceptors (Lipinski definition) is 7. The zero-order valence-electron chi connectivity index (χ0n) is 18.3. The second kappa shape index (κ2) is 9.40. The summed E-state index contributed by atoms with van der Waals surface area (Å²) >= 11 is 6.56. The number of carbonyl (C=O) groups is 1. The Morgan fingerprint density at radius 3 is 2.49 bits per heavy atom. The molecule has 182 valence electrons. The molecule has 2 aromatic heterocycles. The molecule has 0 unspecified atom stereocenters. The van der Waals surface area contributed by atoms with Crippen LogP contribution in [0.3, 0.4) is 0 Å². The van der Waals surface area contributed by atoms with E-state index in [9.17, 15) is 20.1 Å². The molecule has 35 heavy (non-hydrogen) atoms. The first-order chi connectivity index (χ1) is 16.8. The van der Waals surface area contributed by atoms with Crippen molar-refractivity contribution in [1.82, 2.24) is 19.6 Å². The third-order valence-corrected chi connectivity index (χ3v) is 6.52. The largest absolute Gasteiger partial charge is 0.476 e. The Balaban J connectivity index is 1.51. The molecule has 0 radical (unpaired) electrons. The number of aromatic carboxylic acids is 1. The number of fused-ring (bicyclic) bond motifs is 1. The number of nitrogens with zero attached hydrogens (tertiary/aromatic N) is 4.